The highest BCUT2D eigenvalue weighted by atomic mass is 32.1. The number of hydrogen-bond donors (Lipinski definition) is 0. The molecule has 63 heavy (non-hydrogen) atoms. The SMILES string of the molecule is c1ccc(-c2cccc3c(N(c4ccc5cc(-c6ccccc6)c6ccccc6c5c4)c4ccc5sc6cccc(-c7ccc8c(c7)oc7ccccc78)c6c5c4)cccc23)cc1. The van der Waals surface area contributed by atoms with Gasteiger partial charge in [-0.3, -0.25) is 0 Å². The fourth-order valence-electron chi connectivity index (χ4n) is 9.96. The van der Waals surface area contributed by atoms with Crippen molar-refractivity contribution >= 4 is 103 Å². The maximum absolute atomic E-state index is 6.40. The van der Waals surface area contributed by atoms with Crippen molar-refractivity contribution in [2.45, 2.75) is 0 Å². The van der Waals surface area contributed by atoms with Crippen molar-refractivity contribution in [1.29, 1.82) is 0 Å². The molecule has 0 spiro atoms. The molecule has 0 radical (unpaired) electrons. The third-order valence-corrected chi connectivity index (χ3v) is 14.0. The number of thiophene rings is 1. The van der Waals surface area contributed by atoms with Crippen LogP contribution in [0.5, 0.6) is 0 Å². The first-order chi connectivity index (χ1) is 31.2. The van der Waals surface area contributed by atoms with Gasteiger partial charge in [0.2, 0.25) is 0 Å². The summed E-state index contributed by atoms with van der Waals surface area (Å²) in [5.74, 6) is 0. The monoisotopic (exact) mass is 819 g/mol. The van der Waals surface area contributed by atoms with Crippen LogP contribution < -0.4 is 4.90 Å². The summed E-state index contributed by atoms with van der Waals surface area (Å²) in [6.07, 6.45) is 0. The number of benzene rings is 11. The van der Waals surface area contributed by atoms with Gasteiger partial charge in [0.1, 0.15) is 11.2 Å². The summed E-state index contributed by atoms with van der Waals surface area (Å²) in [4.78, 5) is 2.47. The molecule has 0 saturated carbocycles. The van der Waals surface area contributed by atoms with E-state index in [1.807, 2.05) is 23.5 Å². The fraction of sp³-hybridized carbons (Fsp3) is 0. The van der Waals surface area contributed by atoms with E-state index in [2.05, 4.69) is 217 Å². The molecule has 0 aliphatic rings. The summed E-state index contributed by atoms with van der Waals surface area (Å²) >= 11 is 1.85. The number of hydrogen-bond acceptors (Lipinski definition) is 3. The minimum atomic E-state index is 0.905. The fourth-order valence-corrected chi connectivity index (χ4v) is 11.1. The van der Waals surface area contributed by atoms with E-state index in [4.69, 9.17) is 4.42 Å². The molecule has 0 fully saturated rings. The van der Waals surface area contributed by atoms with Gasteiger partial charge in [-0.05, 0) is 127 Å². The van der Waals surface area contributed by atoms with Gasteiger partial charge in [0, 0.05) is 47.7 Å². The molecule has 13 aromatic rings. The molecule has 11 aromatic carbocycles. The van der Waals surface area contributed by atoms with Crippen LogP contribution in [0.25, 0.3) is 108 Å². The average molecular weight is 820 g/mol. The van der Waals surface area contributed by atoms with Crippen molar-refractivity contribution in [3.8, 4) is 33.4 Å². The molecule has 0 bridgehead atoms. The largest absolute Gasteiger partial charge is 0.456 e. The predicted octanol–water partition coefficient (Wildman–Crippen LogP) is 17.9. The zero-order valence-corrected chi connectivity index (χ0v) is 34.9. The summed E-state index contributed by atoms with van der Waals surface area (Å²) < 4.78 is 8.92. The van der Waals surface area contributed by atoms with E-state index in [0.29, 0.717) is 0 Å². The van der Waals surface area contributed by atoms with Crippen LogP contribution in [-0.4, -0.2) is 0 Å². The Balaban J connectivity index is 1.05. The molecule has 0 unspecified atom stereocenters. The van der Waals surface area contributed by atoms with Crippen LogP contribution in [0.4, 0.5) is 17.1 Å². The molecule has 0 aliphatic heterocycles. The quantitative estimate of drug-likeness (QED) is 0.155. The third kappa shape index (κ3) is 5.78. The first-order valence-electron chi connectivity index (χ1n) is 21.5. The lowest BCUT2D eigenvalue weighted by Crippen LogP contribution is -2.10. The van der Waals surface area contributed by atoms with E-state index in [-0.39, 0.29) is 0 Å². The van der Waals surface area contributed by atoms with Crippen LogP contribution in [-0.2, 0) is 0 Å². The van der Waals surface area contributed by atoms with E-state index in [0.717, 1.165) is 44.6 Å². The molecular weight excluding hydrogens is 783 g/mol. The minimum Gasteiger partial charge on any atom is -0.456 e. The first-order valence-corrected chi connectivity index (χ1v) is 22.3. The Morgan fingerprint density at radius 2 is 0.937 bits per heavy atom. The van der Waals surface area contributed by atoms with Gasteiger partial charge in [0.25, 0.3) is 0 Å². The van der Waals surface area contributed by atoms with E-state index >= 15 is 0 Å². The second kappa shape index (κ2) is 14.3. The lowest BCUT2D eigenvalue weighted by atomic mass is 9.92. The summed E-state index contributed by atoms with van der Waals surface area (Å²) in [6, 6.07) is 81.9. The number of furan rings is 1. The second-order valence-corrected chi connectivity index (χ2v) is 17.5. The second-order valence-electron chi connectivity index (χ2n) is 16.4. The van der Waals surface area contributed by atoms with Crippen molar-refractivity contribution in [2.75, 3.05) is 4.90 Å². The highest BCUT2D eigenvalue weighted by Gasteiger charge is 2.21. The Labute approximate surface area is 368 Å². The number of nitrogens with zero attached hydrogens (tertiary/aromatic N) is 1. The molecular formula is C60H37NOS. The van der Waals surface area contributed by atoms with Gasteiger partial charge in [0.15, 0.2) is 0 Å². The summed E-state index contributed by atoms with van der Waals surface area (Å²) in [5, 5.41) is 12.1. The van der Waals surface area contributed by atoms with Crippen molar-refractivity contribution in [2.24, 2.45) is 0 Å². The van der Waals surface area contributed by atoms with Crippen LogP contribution in [0.1, 0.15) is 0 Å². The van der Waals surface area contributed by atoms with Crippen molar-refractivity contribution in [3.05, 3.63) is 224 Å². The normalized spacial score (nSPS) is 11.8. The Bertz CT molecular complexity index is 3920. The molecule has 294 valence electrons. The van der Waals surface area contributed by atoms with Crippen LogP contribution >= 0.6 is 11.3 Å². The summed E-state index contributed by atoms with van der Waals surface area (Å²) in [5.41, 5.74) is 12.4. The van der Waals surface area contributed by atoms with Gasteiger partial charge in [-0.2, -0.15) is 0 Å². The Morgan fingerprint density at radius 3 is 1.78 bits per heavy atom. The van der Waals surface area contributed by atoms with Crippen LogP contribution in [0.3, 0.4) is 0 Å². The van der Waals surface area contributed by atoms with E-state index < -0.39 is 0 Å². The van der Waals surface area contributed by atoms with E-state index in [1.54, 1.807) is 0 Å². The van der Waals surface area contributed by atoms with Crippen molar-refractivity contribution < 1.29 is 4.42 Å². The van der Waals surface area contributed by atoms with Crippen LogP contribution in [0.2, 0.25) is 0 Å². The van der Waals surface area contributed by atoms with Gasteiger partial charge in [-0.1, -0.05) is 158 Å². The molecule has 13 rings (SSSR count). The van der Waals surface area contributed by atoms with Crippen molar-refractivity contribution in [1.82, 2.24) is 0 Å². The zero-order chi connectivity index (χ0) is 41.4. The molecule has 3 heteroatoms. The smallest absolute Gasteiger partial charge is 0.136 e. The molecule has 0 aliphatic carbocycles. The van der Waals surface area contributed by atoms with E-state index in [1.165, 1.54) is 80.3 Å². The minimum absolute atomic E-state index is 0.905. The van der Waals surface area contributed by atoms with Crippen LogP contribution in [0, 0.1) is 0 Å². The van der Waals surface area contributed by atoms with Gasteiger partial charge in [-0.15, -0.1) is 11.3 Å². The number of rotatable bonds is 6. The molecule has 2 aromatic heterocycles. The topological polar surface area (TPSA) is 16.4 Å². The maximum Gasteiger partial charge on any atom is 0.136 e. The van der Waals surface area contributed by atoms with Crippen molar-refractivity contribution in [3.63, 3.8) is 0 Å². The van der Waals surface area contributed by atoms with E-state index in [9.17, 15) is 0 Å². The summed E-state index contributed by atoms with van der Waals surface area (Å²) in [6.45, 7) is 0. The molecule has 0 N–H and O–H groups in total. The Kier molecular flexibility index (Phi) is 8.12. The third-order valence-electron chi connectivity index (χ3n) is 12.8. The number of fused-ring (bicyclic) bond motifs is 10. The average Bonchev–Trinajstić information content (AvgIpc) is 3.92. The molecule has 0 saturated heterocycles. The molecule has 2 nitrogen and oxygen atoms in total. The van der Waals surface area contributed by atoms with Gasteiger partial charge >= 0.3 is 0 Å². The standard InChI is InChI=1S/C60H37NOS/c1-3-14-38(15-4-1)44-21-11-24-49-46(44)23-12-25-55(49)61(42-30-28-40-34-52(39-16-5-2-6-17-39)47-18-7-8-19-48(47)53(40)36-42)43-31-33-58-54(37-43)60-45(22-13-27-59(60)63-58)41-29-32-51-50-20-9-10-26-56(50)62-57(51)35-41/h1-37H. The Hall–Kier alpha value is -7.98. The highest BCUT2D eigenvalue weighted by Crippen LogP contribution is 2.47. The van der Waals surface area contributed by atoms with Crippen LogP contribution in [0.15, 0.2) is 229 Å². The molecule has 0 atom stereocenters. The highest BCUT2D eigenvalue weighted by molar-refractivity contribution is 7.26. The number of para-hydroxylation sites is 1. The number of anilines is 3. The lowest BCUT2D eigenvalue weighted by molar-refractivity contribution is 0.669. The predicted molar refractivity (Wildman–Crippen MR) is 270 cm³/mol. The first kappa shape index (κ1) is 35.7. The maximum atomic E-state index is 6.40. The van der Waals surface area contributed by atoms with Gasteiger partial charge in [0.05, 0.1) is 5.69 Å². The van der Waals surface area contributed by atoms with Gasteiger partial charge in [-0.25, -0.2) is 0 Å². The molecule has 0 amide bonds. The lowest BCUT2D eigenvalue weighted by Gasteiger charge is -2.28. The summed E-state index contributed by atoms with van der Waals surface area (Å²) in [7, 11) is 0. The van der Waals surface area contributed by atoms with Gasteiger partial charge < -0.3 is 9.32 Å². The zero-order valence-electron chi connectivity index (χ0n) is 34.1. The Morgan fingerprint density at radius 1 is 0.317 bits per heavy atom. The molecule has 2 heterocycles.